The van der Waals surface area contributed by atoms with Crippen molar-refractivity contribution in [2.75, 3.05) is 6.61 Å². The van der Waals surface area contributed by atoms with E-state index < -0.39 is 5.97 Å². The summed E-state index contributed by atoms with van der Waals surface area (Å²) >= 11 is 1.42. The van der Waals surface area contributed by atoms with Crippen molar-refractivity contribution in [2.45, 2.75) is 20.8 Å². The van der Waals surface area contributed by atoms with E-state index in [1.807, 2.05) is 6.92 Å². The van der Waals surface area contributed by atoms with Crippen LogP contribution in [-0.4, -0.2) is 22.7 Å². The quantitative estimate of drug-likeness (QED) is 0.785. The van der Waals surface area contributed by atoms with Crippen LogP contribution < -0.4 is 0 Å². The summed E-state index contributed by atoms with van der Waals surface area (Å²) in [5.41, 5.74) is 3.44. The Labute approximate surface area is 102 Å². The molecule has 0 atom stereocenters. The number of aryl methyl sites for hydroxylation is 2. The number of thiazole rings is 1. The SMILES string of the molecule is CCOC(=O)c1c(-c2scnc2C)noc1C. The van der Waals surface area contributed by atoms with Crippen molar-refractivity contribution in [3.8, 4) is 10.6 Å². The fourth-order valence-electron chi connectivity index (χ4n) is 1.50. The van der Waals surface area contributed by atoms with Crippen molar-refractivity contribution < 1.29 is 14.1 Å². The molecule has 0 unspecified atom stereocenters. The molecule has 6 heteroatoms. The van der Waals surface area contributed by atoms with Crippen molar-refractivity contribution in [2.24, 2.45) is 0 Å². The normalized spacial score (nSPS) is 10.5. The molecule has 2 rings (SSSR count). The minimum Gasteiger partial charge on any atom is -0.462 e. The summed E-state index contributed by atoms with van der Waals surface area (Å²) < 4.78 is 10.1. The van der Waals surface area contributed by atoms with Gasteiger partial charge in [-0.2, -0.15) is 0 Å². The largest absolute Gasteiger partial charge is 0.462 e. The highest BCUT2D eigenvalue weighted by Crippen LogP contribution is 2.31. The zero-order valence-electron chi connectivity index (χ0n) is 9.81. The average Bonchev–Trinajstić information content (AvgIpc) is 2.84. The number of hydrogen-bond donors (Lipinski definition) is 0. The maximum absolute atomic E-state index is 11.8. The molecular formula is C11H12N2O3S. The fourth-order valence-corrected chi connectivity index (χ4v) is 2.29. The van der Waals surface area contributed by atoms with Gasteiger partial charge in [0, 0.05) is 0 Å². The Morgan fingerprint density at radius 1 is 1.53 bits per heavy atom. The molecule has 17 heavy (non-hydrogen) atoms. The predicted molar refractivity (Wildman–Crippen MR) is 63.0 cm³/mol. The molecule has 0 fully saturated rings. The van der Waals surface area contributed by atoms with E-state index in [-0.39, 0.29) is 0 Å². The van der Waals surface area contributed by atoms with E-state index in [9.17, 15) is 4.79 Å². The number of nitrogens with zero attached hydrogens (tertiary/aromatic N) is 2. The van der Waals surface area contributed by atoms with Gasteiger partial charge in [0.2, 0.25) is 0 Å². The lowest BCUT2D eigenvalue weighted by molar-refractivity contribution is 0.0525. The second kappa shape index (κ2) is 4.67. The molecule has 0 saturated heterocycles. The molecule has 0 saturated carbocycles. The highest BCUT2D eigenvalue weighted by atomic mass is 32.1. The standard InChI is InChI=1S/C11H12N2O3S/c1-4-15-11(14)8-7(3)16-13-9(8)10-6(2)12-5-17-10/h5H,4H2,1-3H3. The van der Waals surface area contributed by atoms with Crippen LogP contribution in [-0.2, 0) is 4.74 Å². The molecular weight excluding hydrogens is 240 g/mol. The first-order valence-electron chi connectivity index (χ1n) is 5.19. The first-order valence-corrected chi connectivity index (χ1v) is 6.07. The van der Waals surface area contributed by atoms with Crippen LogP contribution in [0.4, 0.5) is 0 Å². The molecule has 0 amide bonds. The first-order chi connectivity index (χ1) is 8.15. The maximum Gasteiger partial charge on any atom is 0.344 e. The van der Waals surface area contributed by atoms with Crippen LogP contribution in [0.3, 0.4) is 0 Å². The molecule has 0 aliphatic heterocycles. The van der Waals surface area contributed by atoms with E-state index in [4.69, 9.17) is 9.26 Å². The van der Waals surface area contributed by atoms with Gasteiger partial charge in [-0.15, -0.1) is 11.3 Å². The first kappa shape index (κ1) is 11.8. The van der Waals surface area contributed by atoms with Gasteiger partial charge in [-0.3, -0.25) is 0 Å². The number of rotatable bonds is 3. The molecule has 0 bridgehead atoms. The Hall–Kier alpha value is -1.69. The Morgan fingerprint density at radius 3 is 2.88 bits per heavy atom. The van der Waals surface area contributed by atoms with Gasteiger partial charge < -0.3 is 9.26 Å². The molecule has 0 aliphatic rings. The third kappa shape index (κ3) is 2.08. The van der Waals surface area contributed by atoms with Gasteiger partial charge in [0.15, 0.2) is 0 Å². The molecule has 0 N–H and O–H groups in total. The van der Waals surface area contributed by atoms with Gasteiger partial charge in [-0.05, 0) is 20.8 Å². The van der Waals surface area contributed by atoms with E-state index in [0.717, 1.165) is 10.6 Å². The molecule has 2 aromatic rings. The molecule has 2 aromatic heterocycles. The van der Waals surface area contributed by atoms with Crippen molar-refractivity contribution in [1.29, 1.82) is 0 Å². The summed E-state index contributed by atoms with van der Waals surface area (Å²) in [5, 5.41) is 3.92. The Bertz CT molecular complexity index is 545. The van der Waals surface area contributed by atoms with Crippen LogP contribution in [0.15, 0.2) is 10.0 Å². The summed E-state index contributed by atoms with van der Waals surface area (Å²) in [5.74, 6) is 0.0558. The predicted octanol–water partition coefficient (Wildman–Crippen LogP) is 2.59. The van der Waals surface area contributed by atoms with Crippen LogP contribution in [0.25, 0.3) is 10.6 Å². The highest BCUT2D eigenvalue weighted by molar-refractivity contribution is 7.13. The lowest BCUT2D eigenvalue weighted by Crippen LogP contribution is -2.06. The molecule has 0 spiro atoms. The lowest BCUT2D eigenvalue weighted by atomic mass is 10.1. The van der Waals surface area contributed by atoms with Crippen LogP contribution in [0.5, 0.6) is 0 Å². The van der Waals surface area contributed by atoms with Crippen LogP contribution in [0, 0.1) is 13.8 Å². The van der Waals surface area contributed by atoms with Crippen molar-refractivity contribution >= 4 is 17.3 Å². The average molecular weight is 252 g/mol. The minimum atomic E-state index is -0.408. The van der Waals surface area contributed by atoms with E-state index in [0.29, 0.717) is 23.6 Å². The van der Waals surface area contributed by atoms with Crippen molar-refractivity contribution in [3.63, 3.8) is 0 Å². The topological polar surface area (TPSA) is 65.2 Å². The molecule has 5 nitrogen and oxygen atoms in total. The number of esters is 1. The summed E-state index contributed by atoms with van der Waals surface area (Å²) in [6.45, 7) is 5.65. The lowest BCUT2D eigenvalue weighted by Gasteiger charge is -2.01. The number of hydrogen-bond acceptors (Lipinski definition) is 6. The van der Waals surface area contributed by atoms with E-state index >= 15 is 0 Å². The Morgan fingerprint density at radius 2 is 2.29 bits per heavy atom. The smallest absolute Gasteiger partial charge is 0.344 e. The maximum atomic E-state index is 11.8. The van der Waals surface area contributed by atoms with Gasteiger partial charge >= 0.3 is 5.97 Å². The number of carbonyl (C=O) groups excluding carboxylic acids is 1. The van der Waals surface area contributed by atoms with Gasteiger partial charge in [0.25, 0.3) is 0 Å². The second-order valence-electron chi connectivity index (χ2n) is 3.45. The zero-order chi connectivity index (χ0) is 12.4. The molecule has 0 radical (unpaired) electrons. The van der Waals surface area contributed by atoms with Crippen LogP contribution >= 0.6 is 11.3 Å². The summed E-state index contributed by atoms with van der Waals surface area (Å²) in [7, 11) is 0. The summed E-state index contributed by atoms with van der Waals surface area (Å²) in [6, 6.07) is 0. The number of carbonyl (C=O) groups is 1. The van der Waals surface area contributed by atoms with Gasteiger partial charge in [0.1, 0.15) is 17.0 Å². The van der Waals surface area contributed by atoms with E-state index in [1.54, 1.807) is 19.4 Å². The monoisotopic (exact) mass is 252 g/mol. The van der Waals surface area contributed by atoms with Crippen LogP contribution in [0.1, 0.15) is 28.7 Å². The highest BCUT2D eigenvalue weighted by Gasteiger charge is 2.24. The van der Waals surface area contributed by atoms with Gasteiger partial charge in [-0.25, -0.2) is 9.78 Å². The Kier molecular flexibility index (Phi) is 3.23. The summed E-state index contributed by atoms with van der Waals surface area (Å²) in [4.78, 5) is 16.8. The zero-order valence-corrected chi connectivity index (χ0v) is 10.6. The third-order valence-corrected chi connectivity index (χ3v) is 3.24. The Balaban J connectivity index is 2.50. The molecule has 2 heterocycles. The minimum absolute atomic E-state index is 0.324. The van der Waals surface area contributed by atoms with Gasteiger partial charge in [-0.1, -0.05) is 5.16 Å². The van der Waals surface area contributed by atoms with E-state index in [1.165, 1.54) is 11.3 Å². The number of aromatic nitrogens is 2. The fraction of sp³-hybridized carbons (Fsp3) is 0.364. The van der Waals surface area contributed by atoms with Crippen molar-refractivity contribution in [1.82, 2.24) is 10.1 Å². The molecule has 0 aliphatic carbocycles. The number of ether oxygens (including phenoxy) is 1. The molecule has 90 valence electrons. The molecule has 0 aromatic carbocycles. The van der Waals surface area contributed by atoms with E-state index in [2.05, 4.69) is 10.1 Å². The summed E-state index contributed by atoms with van der Waals surface area (Å²) in [6.07, 6.45) is 0. The van der Waals surface area contributed by atoms with Crippen molar-refractivity contribution in [3.05, 3.63) is 22.5 Å². The third-order valence-electron chi connectivity index (χ3n) is 2.30. The van der Waals surface area contributed by atoms with Crippen LogP contribution in [0.2, 0.25) is 0 Å². The van der Waals surface area contributed by atoms with Gasteiger partial charge in [0.05, 0.1) is 22.7 Å². The second-order valence-corrected chi connectivity index (χ2v) is 4.30.